The molecule has 0 amide bonds. The summed E-state index contributed by atoms with van der Waals surface area (Å²) in [4.78, 5) is 11.7. The molecule has 1 fully saturated rings. The summed E-state index contributed by atoms with van der Waals surface area (Å²) in [6.45, 7) is 1.93. The van der Waals surface area contributed by atoms with Crippen molar-refractivity contribution in [2.75, 3.05) is 6.54 Å². The Morgan fingerprint density at radius 3 is 2.82 bits per heavy atom. The third kappa shape index (κ3) is 3.27. The Balaban J connectivity index is 1.83. The molecule has 0 radical (unpaired) electrons. The fourth-order valence-corrected chi connectivity index (χ4v) is 1.90. The summed E-state index contributed by atoms with van der Waals surface area (Å²) in [5.41, 5.74) is -0.377. The van der Waals surface area contributed by atoms with Crippen LogP contribution in [0.2, 0.25) is 0 Å². The zero-order valence-electron chi connectivity index (χ0n) is 9.78. The summed E-state index contributed by atoms with van der Waals surface area (Å²) in [5, 5.41) is 2.83. The first kappa shape index (κ1) is 12.0. The summed E-state index contributed by atoms with van der Waals surface area (Å²) >= 11 is 0. The van der Waals surface area contributed by atoms with Gasteiger partial charge in [0.2, 0.25) is 0 Å². The Labute approximate surface area is 100.0 Å². The standard InChI is InChI=1S/C13H16FNO2/c1-13(14)7-11(15-9-13)12(16)17-8-10-5-3-2-4-6-10/h2-6,11,15H,7-9H2,1H3/t11?,13-/m1/s1. The van der Waals surface area contributed by atoms with Gasteiger partial charge in [-0.15, -0.1) is 0 Å². The van der Waals surface area contributed by atoms with Gasteiger partial charge in [0, 0.05) is 13.0 Å². The summed E-state index contributed by atoms with van der Waals surface area (Å²) < 4.78 is 18.7. The average Bonchev–Trinajstić information content (AvgIpc) is 2.68. The van der Waals surface area contributed by atoms with E-state index in [1.165, 1.54) is 6.92 Å². The predicted octanol–water partition coefficient (Wildman–Crippen LogP) is 1.82. The van der Waals surface area contributed by atoms with Crippen LogP contribution in [0.3, 0.4) is 0 Å². The number of halogens is 1. The normalized spacial score (nSPS) is 28.0. The third-order valence-electron chi connectivity index (χ3n) is 2.86. The van der Waals surface area contributed by atoms with E-state index in [1.807, 2.05) is 30.3 Å². The maximum Gasteiger partial charge on any atom is 0.323 e. The molecule has 1 aliphatic heterocycles. The first-order valence-corrected chi connectivity index (χ1v) is 5.70. The highest BCUT2D eigenvalue weighted by atomic mass is 19.1. The van der Waals surface area contributed by atoms with E-state index in [-0.39, 0.29) is 25.5 Å². The molecule has 0 aromatic heterocycles. The van der Waals surface area contributed by atoms with Crippen LogP contribution in [0.15, 0.2) is 30.3 Å². The maximum absolute atomic E-state index is 13.5. The van der Waals surface area contributed by atoms with Gasteiger partial charge in [0.25, 0.3) is 0 Å². The number of ether oxygens (including phenoxy) is 1. The monoisotopic (exact) mass is 237 g/mol. The van der Waals surface area contributed by atoms with Crippen molar-refractivity contribution in [3.05, 3.63) is 35.9 Å². The molecule has 0 aliphatic carbocycles. The number of nitrogens with one attached hydrogen (secondary N) is 1. The Kier molecular flexibility index (Phi) is 3.43. The lowest BCUT2D eigenvalue weighted by molar-refractivity contribution is -0.147. The van der Waals surface area contributed by atoms with E-state index in [1.54, 1.807) is 0 Å². The van der Waals surface area contributed by atoms with Gasteiger partial charge in [-0.05, 0) is 12.5 Å². The van der Waals surface area contributed by atoms with E-state index >= 15 is 0 Å². The zero-order chi connectivity index (χ0) is 12.3. The summed E-state index contributed by atoms with van der Waals surface area (Å²) in [5.74, 6) is -0.379. The Morgan fingerprint density at radius 2 is 2.24 bits per heavy atom. The minimum absolute atomic E-state index is 0.181. The lowest BCUT2D eigenvalue weighted by atomic mass is 10.1. The molecular weight excluding hydrogens is 221 g/mol. The minimum Gasteiger partial charge on any atom is -0.460 e. The van der Waals surface area contributed by atoms with Crippen LogP contribution in [0, 0.1) is 0 Å². The first-order valence-electron chi connectivity index (χ1n) is 5.70. The Morgan fingerprint density at radius 1 is 1.53 bits per heavy atom. The molecule has 1 aliphatic rings. The number of rotatable bonds is 3. The highest BCUT2D eigenvalue weighted by molar-refractivity contribution is 5.76. The smallest absolute Gasteiger partial charge is 0.323 e. The topological polar surface area (TPSA) is 38.3 Å². The van der Waals surface area contributed by atoms with Crippen molar-refractivity contribution in [2.45, 2.75) is 31.7 Å². The van der Waals surface area contributed by atoms with Crippen LogP contribution < -0.4 is 5.32 Å². The maximum atomic E-state index is 13.5. The predicted molar refractivity (Wildman–Crippen MR) is 62.2 cm³/mol. The SMILES string of the molecule is C[C@]1(F)CNC(C(=O)OCc2ccccc2)C1. The summed E-state index contributed by atoms with van der Waals surface area (Å²) in [7, 11) is 0. The number of benzene rings is 1. The highest BCUT2D eigenvalue weighted by Crippen LogP contribution is 2.23. The van der Waals surface area contributed by atoms with Gasteiger partial charge in [-0.2, -0.15) is 0 Å². The van der Waals surface area contributed by atoms with E-state index in [0.717, 1.165) is 5.56 Å². The molecule has 0 bridgehead atoms. The van der Waals surface area contributed by atoms with Crippen molar-refractivity contribution in [3.8, 4) is 0 Å². The molecule has 92 valence electrons. The van der Waals surface area contributed by atoms with E-state index in [4.69, 9.17) is 4.74 Å². The van der Waals surface area contributed by atoms with Gasteiger partial charge < -0.3 is 10.1 Å². The number of hydrogen-bond acceptors (Lipinski definition) is 3. The fraction of sp³-hybridized carbons (Fsp3) is 0.462. The molecular formula is C13H16FNO2. The molecule has 17 heavy (non-hydrogen) atoms. The van der Waals surface area contributed by atoms with Crippen molar-refractivity contribution < 1.29 is 13.9 Å². The summed E-state index contributed by atoms with van der Waals surface area (Å²) in [6, 6.07) is 8.92. The van der Waals surface area contributed by atoms with Gasteiger partial charge in [-0.1, -0.05) is 30.3 Å². The highest BCUT2D eigenvalue weighted by Gasteiger charge is 2.39. The van der Waals surface area contributed by atoms with Crippen LogP contribution in [-0.4, -0.2) is 24.2 Å². The van der Waals surface area contributed by atoms with Crippen LogP contribution in [0.5, 0.6) is 0 Å². The molecule has 4 heteroatoms. The molecule has 3 nitrogen and oxygen atoms in total. The second-order valence-electron chi connectivity index (χ2n) is 4.64. The lowest BCUT2D eigenvalue weighted by Gasteiger charge is -2.11. The number of hydrogen-bond donors (Lipinski definition) is 1. The fourth-order valence-electron chi connectivity index (χ4n) is 1.90. The van der Waals surface area contributed by atoms with Crippen molar-refractivity contribution in [1.82, 2.24) is 5.32 Å². The molecule has 0 saturated carbocycles. The lowest BCUT2D eigenvalue weighted by Crippen LogP contribution is -2.32. The Bertz CT molecular complexity index is 392. The zero-order valence-corrected chi connectivity index (χ0v) is 9.78. The molecule has 1 aromatic rings. The van der Waals surface area contributed by atoms with Gasteiger partial charge in [0.15, 0.2) is 0 Å². The number of esters is 1. The van der Waals surface area contributed by atoms with Crippen molar-refractivity contribution in [3.63, 3.8) is 0 Å². The van der Waals surface area contributed by atoms with Gasteiger partial charge >= 0.3 is 5.97 Å². The van der Waals surface area contributed by atoms with Crippen LogP contribution in [0.4, 0.5) is 4.39 Å². The van der Waals surface area contributed by atoms with Crippen LogP contribution in [0.1, 0.15) is 18.9 Å². The van der Waals surface area contributed by atoms with Crippen LogP contribution in [-0.2, 0) is 16.1 Å². The van der Waals surface area contributed by atoms with Gasteiger partial charge in [-0.3, -0.25) is 4.79 Å². The van der Waals surface area contributed by atoms with E-state index < -0.39 is 11.7 Å². The molecule has 1 aromatic carbocycles. The molecule has 1 saturated heterocycles. The molecule has 2 atom stereocenters. The van der Waals surface area contributed by atoms with Crippen molar-refractivity contribution in [2.24, 2.45) is 0 Å². The van der Waals surface area contributed by atoms with E-state index in [9.17, 15) is 9.18 Å². The molecule has 2 rings (SSSR count). The van der Waals surface area contributed by atoms with Gasteiger partial charge in [0.1, 0.15) is 18.3 Å². The second kappa shape index (κ2) is 4.84. The number of carbonyl (C=O) groups is 1. The quantitative estimate of drug-likeness (QED) is 0.815. The van der Waals surface area contributed by atoms with Crippen molar-refractivity contribution >= 4 is 5.97 Å². The second-order valence-corrected chi connectivity index (χ2v) is 4.64. The van der Waals surface area contributed by atoms with Gasteiger partial charge in [-0.25, -0.2) is 4.39 Å². The van der Waals surface area contributed by atoms with Crippen molar-refractivity contribution in [1.29, 1.82) is 0 Å². The summed E-state index contributed by atoms with van der Waals surface area (Å²) in [6.07, 6.45) is 0.181. The van der Waals surface area contributed by atoms with E-state index in [0.29, 0.717) is 0 Å². The average molecular weight is 237 g/mol. The van der Waals surface area contributed by atoms with Crippen LogP contribution >= 0.6 is 0 Å². The molecule has 1 heterocycles. The molecule has 1 unspecified atom stereocenters. The largest absolute Gasteiger partial charge is 0.460 e. The minimum atomic E-state index is -1.31. The molecule has 0 spiro atoms. The van der Waals surface area contributed by atoms with Crippen LogP contribution in [0.25, 0.3) is 0 Å². The molecule has 1 N–H and O–H groups in total. The number of alkyl halides is 1. The van der Waals surface area contributed by atoms with E-state index in [2.05, 4.69) is 5.32 Å². The number of carbonyl (C=O) groups excluding carboxylic acids is 1. The van der Waals surface area contributed by atoms with Gasteiger partial charge in [0.05, 0.1) is 0 Å². The first-order chi connectivity index (χ1) is 8.07. The third-order valence-corrected chi connectivity index (χ3v) is 2.86. The Hall–Kier alpha value is -1.42.